The van der Waals surface area contributed by atoms with Crippen molar-refractivity contribution in [2.45, 2.75) is 43.5 Å². The first-order chi connectivity index (χ1) is 13.4. The number of carbonyl (C=O) groups excluding carboxylic acids is 2. The van der Waals surface area contributed by atoms with Crippen LogP contribution < -0.4 is 15.6 Å². The highest BCUT2D eigenvalue weighted by Crippen LogP contribution is 2.20. The standard InChI is InChI=1S/C20H23N3O4S/c1-14-7-2-5-12-18(14)20(25)22-21-19(24)15-8-6-11-17(13-15)28(26,27)23-16-9-3-4-10-16/h2,5-8,11-13,16,23H,3-4,9-10H2,1H3,(H,21,24)(H,22,25). The Morgan fingerprint density at radius 2 is 1.61 bits per heavy atom. The van der Waals surface area contributed by atoms with E-state index in [4.69, 9.17) is 0 Å². The Morgan fingerprint density at radius 3 is 2.32 bits per heavy atom. The number of rotatable bonds is 5. The predicted molar refractivity (Wildman–Crippen MR) is 105 cm³/mol. The second-order valence-corrected chi connectivity index (χ2v) is 8.57. The van der Waals surface area contributed by atoms with Gasteiger partial charge in [0, 0.05) is 17.2 Å². The van der Waals surface area contributed by atoms with Crippen molar-refractivity contribution in [2.24, 2.45) is 0 Å². The Morgan fingerprint density at radius 1 is 0.929 bits per heavy atom. The number of amides is 2. The van der Waals surface area contributed by atoms with Gasteiger partial charge < -0.3 is 0 Å². The van der Waals surface area contributed by atoms with E-state index in [0.717, 1.165) is 31.2 Å². The maximum absolute atomic E-state index is 12.5. The number of hydrazine groups is 1. The summed E-state index contributed by atoms with van der Waals surface area (Å²) in [5.41, 5.74) is 6.03. The fourth-order valence-corrected chi connectivity index (χ4v) is 4.57. The van der Waals surface area contributed by atoms with Crippen molar-refractivity contribution in [3.05, 3.63) is 65.2 Å². The molecular weight excluding hydrogens is 378 g/mol. The minimum atomic E-state index is -3.70. The maximum Gasteiger partial charge on any atom is 0.269 e. The largest absolute Gasteiger partial charge is 0.269 e. The third kappa shape index (κ3) is 4.76. The maximum atomic E-state index is 12.5. The first-order valence-corrected chi connectivity index (χ1v) is 10.6. The lowest BCUT2D eigenvalue weighted by molar-refractivity contribution is 0.0846. The summed E-state index contributed by atoms with van der Waals surface area (Å²) in [4.78, 5) is 24.6. The molecule has 1 aliphatic rings. The Hall–Kier alpha value is -2.71. The Kier molecular flexibility index (Phi) is 6.11. The molecule has 1 fully saturated rings. The molecule has 0 radical (unpaired) electrons. The molecule has 148 valence electrons. The molecule has 2 aromatic carbocycles. The second-order valence-electron chi connectivity index (χ2n) is 6.85. The zero-order chi connectivity index (χ0) is 20.1. The summed E-state index contributed by atoms with van der Waals surface area (Å²) in [5, 5.41) is 0. The summed E-state index contributed by atoms with van der Waals surface area (Å²) in [6, 6.07) is 12.7. The van der Waals surface area contributed by atoms with E-state index in [1.54, 1.807) is 25.1 Å². The molecule has 0 unspecified atom stereocenters. The highest BCUT2D eigenvalue weighted by atomic mass is 32.2. The molecule has 0 aliphatic heterocycles. The molecule has 0 spiro atoms. The lowest BCUT2D eigenvalue weighted by atomic mass is 10.1. The van der Waals surface area contributed by atoms with Crippen molar-refractivity contribution in [2.75, 3.05) is 0 Å². The number of sulfonamides is 1. The topological polar surface area (TPSA) is 104 Å². The number of benzene rings is 2. The van der Waals surface area contributed by atoms with Gasteiger partial charge in [-0.2, -0.15) is 0 Å². The van der Waals surface area contributed by atoms with E-state index in [9.17, 15) is 18.0 Å². The van der Waals surface area contributed by atoms with Crippen LogP contribution in [0.1, 0.15) is 52.0 Å². The quantitative estimate of drug-likeness (QED) is 0.669. The SMILES string of the molecule is Cc1ccccc1C(=O)NNC(=O)c1cccc(S(=O)(=O)NC2CCCC2)c1. The highest BCUT2D eigenvalue weighted by Gasteiger charge is 2.23. The fourth-order valence-electron chi connectivity index (χ4n) is 3.22. The van der Waals surface area contributed by atoms with Gasteiger partial charge in [-0.05, 0) is 49.6 Å². The van der Waals surface area contributed by atoms with Gasteiger partial charge in [0.05, 0.1) is 4.90 Å². The molecule has 1 saturated carbocycles. The van der Waals surface area contributed by atoms with E-state index in [1.807, 2.05) is 6.07 Å². The summed E-state index contributed by atoms with van der Waals surface area (Å²) in [6.07, 6.45) is 3.67. The minimum Gasteiger partial charge on any atom is -0.267 e. The molecule has 3 rings (SSSR count). The molecule has 2 amide bonds. The van der Waals surface area contributed by atoms with Crippen LogP contribution >= 0.6 is 0 Å². The summed E-state index contributed by atoms with van der Waals surface area (Å²) >= 11 is 0. The molecule has 0 saturated heterocycles. The third-order valence-corrected chi connectivity index (χ3v) is 6.28. The number of hydrogen-bond donors (Lipinski definition) is 3. The average molecular weight is 401 g/mol. The Bertz CT molecular complexity index is 982. The van der Waals surface area contributed by atoms with E-state index in [-0.39, 0.29) is 16.5 Å². The van der Waals surface area contributed by atoms with Gasteiger partial charge in [-0.1, -0.05) is 37.1 Å². The molecule has 3 N–H and O–H groups in total. The zero-order valence-electron chi connectivity index (χ0n) is 15.6. The molecule has 1 aliphatic carbocycles. The van der Waals surface area contributed by atoms with Crippen LogP contribution in [0, 0.1) is 6.92 Å². The van der Waals surface area contributed by atoms with Gasteiger partial charge in [-0.15, -0.1) is 0 Å². The lowest BCUT2D eigenvalue weighted by Crippen LogP contribution is -2.42. The van der Waals surface area contributed by atoms with Crippen LogP contribution in [0.4, 0.5) is 0 Å². The fraction of sp³-hybridized carbons (Fsp3) is 0.300. The molecule has 0 heterocycles. The van der Waals surface area contributed by atoms with Gasteiger partial charge in [-0.3, -0.25) is 20.4 Å². The van der Waals surface area contributed by atoms with Crippen LogP contribution in [0.2, 0.25) is 0 Å². The van der Waals surface area contributed by atoms with Gasteiger partial charge in [0.2, 0.25) is 10.0 Å². The van der Waals surface area contributed by atoms with Gasteiger partial charge >= 0.3 is 0 Å². The Labute approximate surface area is 164 Å². The molecule has 0 bridgehead atoms. The lowest BCUT2D eigenvalue weighted by Gasteiger charge is -2.13. The normalized spacial score (nSPS) is 14.6. The smallest absolute Gasteiger partial charge is 0.267 e. The van der Waals surface area contributed by atoms with Crippen LogP contribution in [-0.2, 0) is 10.0 Å². The number of hydrogen-bond acceptors (Lipinski definition) is 4. The van der Waals surface area contributed by atoms with E-state index in [2.05, 4.69) is 15.6 Å². The van der Waals surface area contributed by atoms with Crippen molar-refractivity contribution >= 4 is 21.8 Å². The van der Waals surface area contributed by atoms with E-state index >= 15 is 0 Å². The average Bonchev–Trinajstić information content (AvgIpc) is 3.18. The molecule has 0 aromatic heterocycles. The first kappa shape index (κ1) is 20.0. The molecule has 2 aromatic rings. The van der Waals surface area contributed by atoms with Crippen LogP contribution in [0.25, 0.3) is 0 Å². The third-order valence-electron chi connectivity index (χ3n) is 4.76. The molecule has 28 heavy (non-hydrogen) atoms. The number of aryl methyl sites for hydroxylation is 1. The predicted octanol–water partition coefficient (Wildman–Crippen LogP) is 2.29. The summed E-state index contributed by atoms with van der Waals surface area (Å²) in [5.74, 6) is -1.04. The van der Waals surface area contributed by atoms with Crippen LogP contribution in [-0.4, -0.2) is 26.3 Å². The Balaban J connectivity index is 1.67. The first-order valence-electron chi connectivity index (χ1n) is 9.15. The van der Waals surface area contributed by atoms with Crippen LogP contribution in [0.3, 0.4) is 0 Å². The summed E-state index contributed by atoms with van der Waals surface area (Å²) in [7, 11) is -3.70. The monoisotopic (exact) mass is 401 g/mol. The van der Waals surface area contributed by atoms with E-state index in [1.165, 1.54) is 24.3 Å². The van der Waals surface area contributed by atoms with E-state index in [0.29, 0.717) is 5.56 Å². The minimum absolute atomic E-state index is 0.0253. The molecule has 0 atom stereocenters. The van der Waals surface area contributed by atoms with Gasteiger partial charge in [0.25, 0.3) is 11.8 Å². The number of nitrogens with one attached hydrogen (secondary N) is 3. The van der Waals surface area contributed by atoms with Crippen molar-refractivity contribution < 1.29 is 18.0 Å². The van der Waals surface area contributed by atoms with Crippen molar-refractivity contribution in [1.29, 1.82) is 0 Å². The van der Waals surface area contributed by atoms with Crippen molar-refractivity contribution in [1.82, 2.24) is 15.6 Å². The van der Waals surface area contributed by atoms with Gasteiger partial charge in [-0.25, -0.2) is 13.1 Å². The van der Waals surface area contributed by atoms with Crippen molar-refractivity contribution in [3.63, 3.8) is 0 Å². The van der Waals surface area contributed by atoms with Crippen LogP contribution in [0.15, 0.2) is 53.4 Å². The molecular formula is C20H23N3O4S. The molecule has 7 nitrogen and oxygen atoms in total. The van der Waals surface area contributed by atoms with Crippen LogP contribution in [0.5, 0.6) is 0 Å². The number of carbonyl (C=O) groups is 2. The summed E-state index contributed by atoms with van der Waals surface area (Å²) < 4.78 is 27.8. The van der Waals surface area contributed by atoms with Gasteiger partial charge in [0.15, 0.2) is 0 Å². The molecule has 8 heteroatoms. The zero-order valence-corrected chi connectivity index (χ0v) is 16.4. The highest BCUT2D eigenvalue weighted by molar-refractivity contribution is 7.89. The second kappa shape index (κ2) is 8.53. The van der Waals surface area contributed by atoms with Gasteiger partial charge in [0.1, 0.15) is 0 Å². The van der Waals surface area contributed by atoms with E-state index < -0.39 is 21.8 Å². The summed E-state index contributed by atoms with van der Waals surface area (Å²) in [6.45, 7) is 1.79. The van der Waals surface area contributed by atoms with Crippen molar-refractivity contribution in [3.8, 4) is 0 Å².